The number of ether oxygens (including phenoxy) is 2. The van der Waals surface area contributed by atoms with Crippen LogP contribution in [0.4, 0.5) is 4.39 Å². The number of nitrogens with zero attached hydrogens (tertiary/aromatic N) is 1. The Morgan fingerprint density at radius 3 is 2.71 bits per heavy atom. The van der Waals surface area contributed by atoms with Crippen LogP contribution < -0.4 is 9.47 Å². The molecule has 0 fully saturated rings. The van der Waals surface area contributed by atoms with Gasteiger partial charge in [-0.3, -0.25) is 0 Å². The van der Waals surface area contributed by atoms with E-state index < -0.39 is 18.4 Å². The highest BCUT2D eigenvalue weighted by Crippen LogP contribution is 2.25. The Hall–Kier alpha value is -2.58. The molecular formula is C15H9ClFNO3. The summed E-state index contributed by atoms with van der Waals surface area (Å²) in [6, 6.07) is 11.8. The topological polar surface area (TPSA) is 59.3 Å². The average molecular weight is 306 g/mol. The number of nitriles is 1. The molecule has 0 saturated carbocycles. The Balaban J connectivity index is 1.98. The standard InChI is InChI=1S/C15H9ClFNO3/c16-12-7-11(17)5-6-14(12)20-9-15(19)21-13-4-2-1-3-10(13)8-18/h1-7H,9H2. The lowest BCUT2D eigenvalue weighted by atomic mass is 10.2. The first kappa shape index (κ1) is 14.8. The van der Waals surface area contributed by atoms with E-state index in [9.17, 15) is 9.18 Å². The van der Waals surface area contributed by atoms with Gasteiger partial charge in [-0.25, -0.2) is 9.18 Å². The van der Waals surface area contributed by atoms with E-state index in [-0.39, 0.29) is 22.1 Å². The molecule has 0 amide bonds. The van der Waals surface area contributed by atoms with E-state index in [4.69, 9.17) is 26.3 Å². The van der Waals surface area contributed by atoms with Gasteiger partial charge in [0.05, 0.1) is 10.6 Å². The van der Waals surface area contributed by atoms with Crippen LogP contribution in [0.3, 0.4) is 0 Å². The van der Waals surface area contributed by atoms with Gasteiger partial charge in [0.25, 0.3) is 0 Å². The molecule has 2 rings (SSSR count). The van der Waals surface area contributed by atoms with Crippen molar-refractivity contribution in [2.45, 2.75) is 0 Å². The summed E-state index contributed by atoms with van der Waals surface area (Å²) < 4.78 is 23.0. The molecule has 0 heterocycles. The first-order chi connectivity index (χ1) is 10.1. The molecule has 0 atom stereocenters. The zero-order valence-electron chi connectivity index (χ0n) is 10.7. The maximum atomic E-state index is 12.9. The van der Waals surface area contributed by atoms with Gasteiger partial charge in [-0.1, -0.05) is 23.7 Å². The highest BCUT2D eigenvalue weighted by molar-refractivity contribution is 6.32. The number of rotatable bonds is 4. The van der Waals surface area contributed by atoms with Crippen LogP contribution in [-0.2, 0) is 4.79 Å². The van der Waals surface area contributed by atoms with Crippen molar-refractivity contribution < 1.29 is 18.7 Å². The molecule has 21 heavy (non-hydrogen) atoms. The first-order valence-corrected chi connectivity index (χ1v) is 6.25. The van der Waals surface area contributed by atoms with Gasteiger partial charge in [-0.2, -0.15) is 5.26 Å². The Kier molecular flexibility index (Phi) is 4.75. The Morgan fingerprint density at radius 2 is 2.00 bits per heavy atom. The van der Waals surface area contributed by atoms with Crippen molar-refractivity contribution in [1.29, 1.82) is 5.26 Å². The van der Waals surface area contributed by atoms with Crippen molar-refractivity contribution in [3.63, 3.8) is 0 Å². The summed E-state index contributed by atoms with van der Waals surface area (Å²) in [5.74, 6) is -0.877. The van der Waals surface area contributed by atoms with Crippen LogP contribution in [0.25, 0.3) is 0 Å². The number of para-hydroxylation sites is 1. The van der Waals surface area contributed by atoms with Crippen LogP contribution in [0.15, 0.2) is 42.5 Å². The Morgan fingerprint density at radius 1 is 1.24 bits per heavy atom. The number of esters is 1. The lowest BCUT2D eigenvalue weighted by molar-refractivity contribution is -0.136. The van der Waals surface area contributed by atoms with Gasteiger partial charge in [-0.05, 0) is 30.3 Å². The monoisotopic (exact) mass is 305 g/mol. The predicted octanol–water partition coefficient (Wildman–Crippen LogP) is 3.34. The van der Waals surface area contributed by atoms with Crippen LogP contribution in [0, 0.1) is 17.1 Å². The SMILES string of the molecule is N#Cc1ccccc1OC(=O)COc1ccc(F)cc1Cl. The Labute approximate surface area is 125 Å². The van der Waals surface area contributed by atoms with E-state index in [1.165, 1.54) is 18.2 Å². The summed E-state index contributed by atoms with van der Waals surface area (Å²) in [6.07, 6.45) is 0. The van der Waals surface area contributed by atoms with Gasteiger partial charge in [0, 0.05) is 0 Å². The van der Waals surface area contributed by atoms with Crippen LogP contribution in [0.5, 0.6) is 11.5 Å². The number of carbonyl (C=O) groups is 1. The largest absolute Gasteiger partial charge is 0.480 e. The fourth-order valence-electron chi connectivity index (χ4n) is 1.53. The van der Waals surface area contributed by atoms with E-state index >= 15 is 0 Å². The van der Waals surface area contributed by atoms with E-state index in [0.29, 0.717) is 0 Å². The van der Waals surface area contributed by atoms with Gasteiger partial charge < -0.3 is 9.47 Å². The second-order valence-electron chi connectivity index (χ2n) is 3.95. The molecule has 6 heteroatoms. The number of benzene rings is 2. The molecule has 0 spiro atoms. The maximum absolute atomic E-state index is 12.9. The normalized spacial score (nSPS) is 9.76. The average Bonchev–Trinajstić information content (AvgIpc) is 2.47. The van der Waals surface area contributed by atoms with Gasteiger partial charge in [0.1, 0.15) is 23.4 Å². The molecule has 0 aromatic heterocycles. The van der Waals surface area contributed by atoms with Crippen molar-refractivity contribution in [2.24, 2.45) is 0 Å². The highest BCUT2D eigenvalue weighted by atomic mass is 35.5. The van der Waals surface area contributed by atoms with Gasteiger partial charge in [0.15, 0.2) is 6.61 Å². The summed E-state index contributed by atoms with van der Waals surface area (Å²) >= 11 is 5.76. The summed E-state index contributed by atoms with van der Waals surface area (Å²) in [5, 5.41) is 8.93. The zero-order valence-corrected chi connectivity index (χ0v) is 11.4. The molecule has 2 aromatic rings. The van der Waals surface area contributed by atoms with Gasteiger partial charge in [0.2, 0.25) is 0 Å². The third-order valence-corrected chi connectivity index (χ3v) is 2.77. The van der Waals surface area contributed by atoms with Crippen LogP contribution in [0.1, 0.15) is 5.56 Å². The second-order valence-corrected chi connectivity index (χ2v) is 4.35. The summed E-state index contributed by atoms with van der Waals surface area (Å²) in [6.45, 7) is -0.412. The van der Waals surface area contributed by atoms with Crippen molar-refractivity contribution in [3.8, 4) is 17.6 Å². The number of halogens is 2. The smallest absolute Gasteiger partial charge is 0.349 e. The third kappa shape index (κ3) is 3.94. The lowest BCUT2D eigenvalue weighted by Crippen LogP contribution is -2.18. The molecular weight excluding hydrogens is 297 g/mol. The molecule has 0 saturated heterocycles. The number of carbonyl (C=O) groups excluding carboxylic acids is 1. The molecule has 0 radical (unpaired) electrons. The molecule has 2 aromatic carbocycles. The van der Waals surface area contributed by atoms with Crippen LogP contribution >= 0.6 is 11.6 Å². The molecule has 0 unspecified atom stereocenters. The fourth-order valence-corrected chi connectivity index (χ4v) is 1.75. The van der Waals surface area contributed by atoms with E-state index in [1.807, 2.05) is 6.07 Å². The third-order valence-electron chi connectivity index (χ3n) is 2.47. The first-order valence-electron chi connectivity index (χ1n) is 5.88. The molecule has 4 nitrogen and oxygen atoms in total. The van der Waals surface area contributed by atoms with Gasteiger partial charge >= 0.3 is 5.97 Å². The maximum Gasteiger partial charge on any atom is 0.349 e. The van der Waals surface area contributed by atoms with Crippen LogP contribution in [-0.4, -0.2) is 12.6 Å². The molecule has 0 aliphatic rings. The molecule has 0 bridgehead atoms. The molecule has 0 aliphatic heterocycles. The predicted molar refractivity (Wildman–Crippen MR) is 73.7 cm³/mol. The molecule has 0 N–H and O–H groups in total. The van der Waals surface area contributed by atoms with Crippen LogP contribution in [0.2, 0.25) is 5.02 Å². The molecule has 0 aliphatic carbocycles. The van der Waals surface area contributed by atoms with E-state index in [1.54, 1.807) is 12.1 Å². The van der Waals surface area contributed by atoms with Gasteiger partial charge in [-0.15, -0.1) is 0 Å². The Bertz CT molecular complexity index is 712. The van der Waals surface area contributed by atoms with Crippen molar-refractivity contribution in [1.82, 2.24) is 0 Å². The van der Waals surface area contributed by atoms with E-state index in [2.05, 4.69) is 0 Å². The number of hydrogen-bond donors (Lipinski definition) is 0. The highest BCUT2D eigenvalue weighted by Gasteiger charge is 2.11. The fraction of sp³-hybridized carbons (Fsp3) is 0.0667. The summed E-state index contributed by atoms with van der Waals surface area (Å²) in [4.78, 5) is 11.7. The minimum absolute atomic E-state index is 0.0558. The van der Waals surface area contributed by atoms with E-state index in [0.717, 1.165) is 12.1 Å². The summed E-state index contributed by atoms with van der Waals surface area (Å²) in [5.41, 5.74) is 0.241. The van der Waals surface area contributed by atoms with Crippen molar-refractivity contribution in [3.05, 3.63) is 58.9 Å². The summed E-state index contributed by atoms with van der Waals surface area (Å²) in [7, 11) is 0. The van der Waals surface area contributed by atoms with Crippen molar-refractivity contribution in [2.75, 3.05) is 6.61 Å². The molecule has 106 valence electrons. The lowest BCUT2D eigenvalue weighted by Gasteiger charge is -2.08. The van der Waals surface area contributed by atoms with Crippen molar-refractivity contribution >= 4 is 17.6 Å². The minimum atomic E-state index is -0.696. The quantitative estimate of drug-likeness (QED) is 0.642. The minimum Gasteiger partial charge on any atom is -0.480 e. The zero-order chi connectivity index (χ0) is 15.2. The number of hydrogen-bond acceptors (Lipinski definition) is 4. The second kappa shape index (κ2) is 6.73.